The Balaban J connectivity index is 1.98. The summed E-state index contributed by atoms with van der Waals surface area (Å²) in [6.45, 7) is 8.26. The molecule has 0 bridgehead atoms. The molecule has 7 nitrogen and oxygen atoms in total. The molecule has 162 valence electrons. The standard InChI is InChI=1S/C23H31N3O4/c1-14-7-8-17-16(11-14)20-18(27)12-15(13-19(20)30-22(17,2)3)23(4,21(28)29)9-5-6-10-25-26-24/h7,12-13,16-17,27H,5-6,8-11H2,1-4H3,(H,28,29)/t16-,17-,23?/m1/s1. The number of hydrogen-bond donors (Lipinski definition) is 2. The minimum atomic E-state index is -1.17. The molecule has 7 heteroatoms. The summed E-state index contributed by atoms with van der Waals surface area (Å²) in [4.78, 5) is 14.9. The number of phenols is 1. The number of aliphatic carboxylic acids is 1. The molecule has 1 aromatic rings. The third kappa shape index (κ3) is 3.99. The maximum atomic E-state index is 12.2. The van der Waals surface area contributed by atoms with Crippen molar-refractivity contribution in [3.8, 4) is 11.5 Å². The first-order valence-electron chi connectivity index (χ1n) is 10.6. The van der Waals surface area contributed by atoms with Crippen molar-refractivity contribution >= 4 is 5.97 Å². The lowest BCUT2D eigenvalue weighted by molar-refractivity contribution is -0.143. The second kappa shape index (κ2) is 8.23. The summed E-state index contributed by atoms with van der Waals surface area (Å²) in [6, 6.07) is 3.41. The van der Waals surface area contributed by atoms with Gasteiger partial charge in [-0.3, -0.25) is 4.79 Å². The van der Waals surface area contributed by atoms with Gasteiger partial charge in [-0.1, -0.05) is 23.2 Å². The molecule has 1 unspecified atom stereocenters. The lowest BCUT2D eigenvalue weighted by Crippen LogP contribution is -2.45. The molecular formula is C23H31N3O4. The molecule has 3 atom stereocenters. The molecule has 0 amide bonds. The van der Waals surface area contributed by atoms with Crippen molar-refractivity contribution in [2.24, 2.45) is 11.0 Å². The van der Waals surface area contributed by atoms with Crippen LogP contribution in [0, 0.1) is 5.92 Å². The van der Waals surface area contributed by atoms with Gasteiger partial charge in [-0.2, -0.15) is 0 Å². The Hall–Kier alpha value is -2.66. The molecule has 0 saturated heterocycles. The molecule has 1 aliphatic carbocycles. The number of fused-ring (bicyclic) bond motifs is 3. The van der Waals surface area contributed by atoms with Gasteiger partial charge in [0.15, 0.2) is 0 Å². The number of allylic oxidation sites excluding steroid dienone is 2. The lowest BCUT2D eigenvalue weighted by Gasteiger charge is -2.47. The first-order valence-corrected chi connectivity index (χ1v) is 10.6. The number of carboxylic acids is 1. The molecule has 0 radical (unpaired) electrons. The van der Waals surface area contributed by atoms with E-state index >= 15 is 0 Å². The molecule has 1 heterocycles. The van der Waals surface area contributed by atoms with E-state index in [4.69, 9.17) is 10.3 Å². The molecule has 1 aromatic carbocycles. The third-order valence-corrected chi connectivity index (χ3v) is 6.86. The molecule has 0 fully saturated rings. The van der Waals surface area contributed by atoms with Crippen LogP contribution in [0.1, 0.15) is 76.8 Å². The number of hydrogen-bond acceptors (Lipinski definition) is 4. The fourth-order valence-electron chi connectivity index (χ4n) is 4.96. The van der Waals surface area contributed by atoms with Crippen LogP contribution in [-0.2, 0) is 10.2 Å². The van der Waals surface area contributed by atoms with Gasteiger partial charge < -0.3 is 14.9 Å². The highest BCUT2D eigenvalue weighted by molar-refractivity contribution is 5.81. The smallest absolute Gasteiger partial charge is 0.313 e. The molecule has 2 N–H and O–H groups in total. The van der Waals surface area contributed by atoms with Gasteiger partial charge in [0.1, 0.15) is 17.1 Å². The number of azide groups is 1. The van der Waals surface area contributed by atoms with Gasteiger partial charge in [-0.25, -0.2) is 0 Å². The van der Waals surface area contributed by atoms with E-state index in [1.54, 1.807) is 13.0 Å². The van der Waals surface area contributed by atoms with Crippen molar-refractivity contribution < 1.29 is 19.7 Å². The minimum absolute atomic E-state index is 0.115. The fraction of sp³-hybridized carbons (Fsp3) is 0.609. The normalized spacial score (nSPS) is 23.7. The molecule has 0 spiro atoms. The van der Waals surface area contributed by atoms with E-state index in [2.05, 4.69) is 36.9 Å². The quantitative estimate of drug-likeness (QED) is 0.192. The SMILES string of the molecule is CC1=CC[C@@H]2[C@@H](C1)c1c(O)cc(C(C)(CCCCN=[N+]=[N-])C(=O)O)cc1OC2(C)C. The Morgan fingerprint density at radius 3 is 2.80 bits per heavy atom. The average molecular weight is 414 g/mol. The van der Waals surface area contributed by atoms with Crippen LogP contribution in [0.4, 0.5) is 0 Å². The predicted molar refractivity (Wildman–Crippen MR) is 115 cm³/mol. The summed E-state index contributed by atoms with van der Waals surface area (Å²) in [7, 11) is 0. The van der Waals surface area contributed by atoms with Crippen LogP contribution < -0.4 is 4.74 Å². The van der Waals surface area contributed by atoms with Crippen LogP contribution in [0.25, 0.3) is 10.4 Å². The number of ether oxygens (including phenoxy) is 1. The zero-order valence-electron chi connectivity index (χ0n) is 18.2. The van der Waals surface area contributed by atoms with Gasteiger partial charge in [0.25, 0.3) is 0 Å². The van der Waals surface area contributed by atoms with Crippen molar-refractivity contribution in [3.63, 3.8) is 0 Å². The maximum absolute atomic E-state index is 12.2. The van der Waals surface area contributed by atoms with Crippen LogP contribution in [0.5, 0.6) is 11.5 Å². The van der Waals surface area contributed by atoms with E-state index in [0.717, 1.165) is 18.4 Å². The first-order chi connectivity index (χ1) is 14.1. The lowest BCUT2D eigenvalue weighted by atomic mass is 9.66. The third-order valence-electron chi connectivity index (χ3n) is 6.86. The van der Waals surface area contributed by atoms with Crippen molar-refractivity contribution in [3.05, 3.63) is 45.4 Å². The Kier molecular flexibility index (Phi) is 6.04. The number of rotatable bonds is 7. The first kappa shape index (κ1) is 22.0. The summed E-state index contributed by atoms with van der Waals surface area (Å²) in [6.07, 6.45) is 5.61. The second-order valence-electron chi connectivity index (χ2n) is 9.36. The monoisotopic (exact) mass is 413 g/mol. The zero-order chi connectivity index (χ0) is 22.1. The molecule has 0 aromatic heterocycles. The average Bonchev–Trinajstić information content (AvgIpc) is 2.66. The zero-order valence-corrected chi connectivity index (χ0v) is 18.2. The van der Waals surface area contributed by atoms with Gasteiger partial charge in [-0.05, 0) is 76.6 Å². The molecule has 1 aliphatic heterocycles. The van der Waals surface area contributed by atoms with E-state index < -0.39 is 17.0 Å². The van der Waals surface area contributed by atoms with Crippen LogP contribution in [0.15, 0.2) is 28.9 Å². The van der Waals surface area contributed by atoms with E-state index in [1.165, 1.54) is 5.57 Å². The topological polar surface area (TPSA) is 116 Å². The number of benzene rings is 1. The van der Waals surface area contributed by atoms with Crippen LogP contribution in [0.2, 0.25) is 0 Å². The van der Waals surface area contributed by atoms with Gasteiger partial charge in [0.2, 0.25) is 0 Å². The Bertz CT molecular complexity index is 917. The van der Waals surface area contributed by atoms with E-state index in [-0.39, 0.29) is 17.6 Å². The highest BCUT2D eigenvalue weighted by Crippen LogP contribution is 2.55. The number of carboxylic acid groups (broad SMARTS) is 1. The summed E-state index contributed by atoms with van der Waals surface area (Å²) in [5, 5.41) is 24.5. The minimum Gasteiger partial charge on any atom is -0.508 e. The molecule has 30 heavy (non-hydrogen) atoms. The molecule has 3 rings (SSSR count). The number of aromatic hydroxyl groups is 1. The number of carbonyl (C=O) groups is 1. The van der Waals surface area contributed by atoms with Crippen molar-refractivity contribution in [1.29, 1.82) is 0 Å². The largest absolute Gasteiger partial charge is 0.508 e. The summed E-state index contributed by atoms with van der Waals surface area (Å²) in [5.74, 6) is 0.173. The molecular weight excluding hydrogens is 382 g/mol. The van der Waals surface area contributed by atoms with Gasteiger partial charge in [-0.15, -0.1) is 0 Å². The Morgan fingerprint density at radius 2 is 2.13 bits per heavy atom. The van der Waals surface area contributed by atoms with Crippen LogP contribution in [-0.4, -0.2) is 28.3 Å². The van der Waals surface area contributed by atoms with E-state index in [9.17, 15) is 15.0 Å². The second-order valence-corrected chi connectivity index (χ2v) is 9.36. The number of nitrogens with zero attached hydrogens (tertiary/aromatic N) is 3. The van der Waals surface area contributed by atoms with Crippen LogP contribution >= 0.6 is 0 Å². The maximum Gasteiger partial charge on any atom is 0.313 e. The Labute approximate surface area is 177 Å². The predicted octanol–water partition coefficient (Wildman–Crippen LogP) is 5.83. The van der Waals surface area contributed by atoms with Crippen molar-refractivity contribution in [2.75, 3.05) is 6.54 Å². The summed E-state index contributed by atoms with van der Waals surface area (Å²) >= 11 is 0. The highest BCUT2D eigenvalue weighted by Gasteiger charge is 2.46. The van der Waals surface area contributed by atoms with Crippen molar-refractivity contribution in [2.45, 2.75) is 76.7 Å². The number of unbranched alkanes of at least 4 members (excludes halogenated alkanes) is 1. The fourth-order valence-corrected chi connectivity index (χ4v) is 4.96. The highest BCUT2D eigenvalue weighted by atomic mass is 16.5. The summed E-state index contributed by atoms with van der Waals surface area (Å²) in [5.41, 5.74) is 9.45. The van der Waals surface area contributed by atoms with E-state index in [1.807, 2.05) is 6.07 Å². The van der Waals surface area contributed by atoms with Gasteiger partial charge in [0, 0.05) is 28.9 Å². The van der Waals surface area contributed by atoms with E-state index in [0.29, 0.717) is 37.1 Å². The summed E-state index contributed by atoms with van der Waals surface area (Å²) < 4.78 is 6.34. The Morgan fingerprint density at radius 1 is 1.40 bits per heavy atom. The van der Waals surface area contributed by atoms with Crippen LogP contribution in [0.3, 0.4) is 0 Å². The van der Waals surface area contributed by atoms with Gasteiger partial charge in [0.05, 0.1) is 5.41 Å². The van der Waals surface area contributed by atoms with Crippen molar-refractivity contribution in [1.82, 2.24) is 0 Å². The molecule has 0 saturated carbocycles. The molecule has 2 aliphatic rings. The van der Waals surface area contributed by atoms with Gasteiger partial charge >= 0.3 is 5.97 Å². The number of phenolic OH excluding ortho intramolecular Hbond substituents is 1.